The van der Waals surface area contributed by atoms with Crippen LogP contribution in [0.2, 0.25) is 0 Å². The molecule has 3 atom stereocenters. The van der Waals surface area contributed by atoms with Gasteiger partial charge in [0, 0.05) is 12.1 Å². The van der Waals surface area contributed by atoms with Crippen LogP contribution in [0.3, 0.4) is 0 Å². The molecule has 0 unspecified atom stereocenters. The number of halogens is 1. The van der Waals surface area contributed by atoms with Gasteiger partial charge in [-0.3, -0.25) is 14.5 Å². The second-order valence-electron chi connectivity index (χ2n) is 6.89. The van der Waals surface area contributed by atoms with Crippen LogP contribution in [-0.4, -0.2) is 40.5 Å². The van der Waals surface area contributed by atoms with E-state index in [1.807, 2.05) is 6.92 Å². The molecule has 1 aliphatic heterocycles. The molecule has 0 spiro atoms. The monoisotopic (exact) mass is 334 g/mol. The van der Waals surface area contributed by atoms with Gasteiger partial charge in [0.05, 0.1) is 5.92 Å². The maximum absolute atomic E-state index is 13.3. The summed E-state index contributed by atoms with van der Waals surface area (Å²) in [5.41, 5.74) is -0.309. The Morgan fingerprint density at radius 2 is 1.96 bits per heavy atom. The summed E-state index contributed by atoms with van der Waals surface area (Å²) in [5, 5.41) is 12.8. The number of rotatable bonds is 5. The van der Waals surface area contributed by atoms with Crippen LogP contribution in [0, 0.1) is 11.7 Å². The second-order valence-corrected chi connectivity index (χ2v) is 6.89. The highest BCUT2D eigenvalue weighted by Crippen LogP contribution is 2.47. The van der Waals surface area contributed by atoms with Crippen molar-refractivity contribution in [2.45, 2.75) is 50.2 Å². The molecule has 2 N–H and O–H groups in total. The molecule has 24 heavy (non-hydrogen) atoms. The zero-order valence-corrected chi connectivity index (χ0v) is 14.0. The van der Waals surface area contributed by atoms with E-state index in [0.29, 0.717) is 6.42 Å². The van der Waals surface area contributed by atoms with Crippen molar-refractivity contribution < 1.29 is 19.1 Å². The number of carboxylic acid groups (broad SMARTS) is 1. The van der Waals surface area contributed by atoms with Gasteiger partial charge in [0.15, 0.2) is 0 Å². The van der Waals surface area contributed by atoms with Gasteiger partial charge in [-0.05, 0) is 50.4 Å². The number of aliphatic carboxylic acids is 1. The smallest absolute Gasteiger partial charge is 0.324 e. The van der Waals surface area contributed by atoms with Crippen molar-refractivity contribution in [3.05, 3.63) is 35.6 Å². The number of hydrogen-bond acceptors (Lipinski definition) is 3. The lowest BCUT2D eigenvalue weighted by Crippen LogP contribution is -2.48. The van der Waals surface area contributed by atoms with Gasteiger partial charge in [-0.1, -0.05) is 19.1 Å². The van der Waals surface area contributed by atoms with Crippen molar-refractivity contribution in [3.63, 3.8) is 0 Å². The van der Waals surface area contributed by atoms with Crippen LogP contribution in [-0.2, 0) is 9.59 Å². The maximum atomic E-state index is 13.3. The lowest BCUT2D eigenvalue weighted by Gasteiger charge is -2.34. The highest BCUT2D eigenvalue weighted by molar-refractivity contribution is 5.85. The number of carboxylic acids is 1. The molecular weight excluding hydrogens is 311 g/mol. The van der Waals surface area contributed by atoms with Crippen molar-refractivity contribution in [2.75, 3.05) is 7.05 Å². The number of carbonyl (C=O) groups is 2. The minimum absolute atomic E-state index is 0.102. The molecule has 1 saturated carbocycles. The Labute approximate surface area is 140 Å². The fraction of sp³-hybridized carbons (Fsp3) is 0.556. The molecule has 0 aromatic heterocycles. The largest absolute Gasteiger partial charge is 0.480 e. The molecule has 2 aliphatic rings. The third-order valence-electron chi connectivity index (χ3n) is 5.49. The Balaban J connectivity index is 1.97. The van der Waals surface area contributed by atoms with Gasteiger partial charge in [-0.2, -0.15) is 0 Å². The molecule has 0 radical (unpaired) electrons. The molecular formula is C18H23FN2O3. The Bertz CT molecular complexity index is 644. The lowest BCUT2D eigenvalue weighted by atomic mass is 9.87. The van der Waals surface area contributed by atoms with E-state index in [4.69, 9.17) is 0 Å². The molecule has 1 aliphatic carbocycles. The molecule has 1 amide bonds. The molecule has 2 fully saturated rings. The Hall–Kier alpha value is -1.95. The number of amides is 1. The molecule has 5 nitrogen and oxygen atoms in total. The van der Waals surface area contributed by atoms with Gasteiger partial charge in [0.1, 0.15) is 11.4 Å². The van der Waals surface area contributed by atoms with Crippen LogP contribution in [0.1, 0.15) is 44.2 Å². The van der Waals surface area contributed by atoms with Crippen LogP contribution in [0.4, 0.5) is 4.39 Å². The Kier molecular flexibility index (Phi) is 4.34. The molecule has 3 rings (SSSR count). The number of carbonyl (C=O) groups excluding carboxylic acids is 1. The van der Waals surface area contributed by atoms with Crippen molar-refractivity contribution in [2.24, 2.45) is 5.92 Å². The van der Waals surface area contributed by atoms with Gasteiger partial charge in [-0.15, -0.1) is 0 Å². The van der Waals surface area contributed by atoms with Crippen LogP contribution >= 0.6 is 0 Å². The first kappa shape index (κ1) is 16.9. The molecule has 6 heteroatoms. The molecule has 1 aromatic carbocycles. The van der Waals surface area contributed by atoms with Crippen LogP contribution in [0.15, 0.2) is 24.3 Å². The van der Waals surface area contributed by atoms with E-state index >= 15 is 0 Å². The predicted molar refractivity (Wildman–Crippen MR) is 86.8 cm³/mol. The van der Waals surface area contributed by atoms with Crippen molar-refractivity contribution >= 4 is 11.9 Å². The number of nitrogens with zero attached hydrogens (tertiary/aromatic N) is 1. The lowest BCUT2D eigenvalue weighted by molar-refractivity contribution is -0.150. The third-order valence-corrected chi connectivity index (χ3v) is 5.49. The molecule has 1 aromatic rings. The topological polar surface area (TPSA) is 69.6 Å². The zero-order chi connectivity index (χ0) is 17.5. The average Bonchev–Trinajstić information content (AvgIpc) is 3.30. The molecule has 1 heterocycles. The Morgan fingerprint density at radius 3 is 2.46 bits per heavy atom. The standard InChI is InChI=1S/C18H23FN2O3/c1-3-18(17(23)24)10-14(16(22)20-13-8-9-13)15(21(18)2)11-4-6-12(19)7-5-11/h4-7,13-15H,3,8-10H2,1-2H3,(H,20,22)(H,23,24)/t14-,15-,18-/m0/s1. The van der Waals surface area contributed by atoms with Gasteiger partial charge in [0.25, 0.3) is 0 Å². The third kappa shape index (κ3) is 2.79. The number of benzene rings is 1. The summed E-state index contributed by atoms with van der Waals surface area (Å²) in [7, 11) is 1.75. The van der Waals surface area contributed by atoms with Crippen LogP contribution < -0.4 is 5.32 Å². The van der Waals surface area contributed by atoms with E-state index in [9.17, 15) is 19.1 Å². The number of likely N-dealkylation sites (N-methyl/N-ethyl adjacent to an activating group) is 1. The summed E-state index contributed by atoms with van der Waals surface area (Å²) in [6, 6.07) is 5.83. The first-order chi connectivity index (χ1) is 11.4. The number of likely N-dealkylation sites (tertiary alicyclic amines) is 1. The molecule has 0 bridgehead atoms. The molecule has 130 valence electrons. The highest BCUT2D eigenvalue weighted by atomic mass is 19.1. The minimum atomic E-state index is -1.08. The summed E-state index contributed by atoms with van der Waals surface area (Å²) in [6.07, 6.45) is 2.63. The number of nitrogens with one attached hydrogen (secondary N) is 1. The SMILES string of the molecule is CC[C@@]1(C(=O)O)C[C@H](C(=O)NC2CC2)[C@H](c2ccc(F)cc2)N1C. The maximum Gasteiger partial charge on any atom is 0.324 e. The van der Waals surface area contributed by atoms with Crippen LogP contribution in [0.5, 0.6) is 0 Å². The predicted octanol–water partition coefficient (Wildman–Crippen LogP) is 2.33. The first-order valence-corrected chi connectivity index (χ1v) is 8.41. The van der Waals surface area contributed by atoms with Gasteiger partial charge < -0.3 is 10.4 Å². The summed E-state index contributed by atoms with van der Waals surface area (Å²) < 4.78 is 13.3. The Morgan fingerprint density at radius 1 is 1.33 bits per heavy atom. The van der Waals surface area contributed by atoms with Crippen molar-refractivity contribution in [3.8, 4) is 0 Å². The first-order valence-electron chi connectivity index (χ1n) is 8.41. The van der Waals surface area contributed by atoms with E-state index in [-0.39, 0.29) is 30.2 Å². The van der Waals surface area contributed by atoms with E-state index < -0.39 is 17.4 Å². The average molecular weight is 334 g/mol. The summed E-state index contributed by atoms with van der Waals surface area (Å²) in [4.78, 5) is 26.5. The van der Waals surface area contributed by atoms with Gasteiger partial charge in [0.2, 0.25) is 5.91 Å². The summed E-state index contributed by atoms with van der Waals surface area (Å²) in [5.74, 6) is -1.83. The summed E-state index contributed by atoms with van der Waals surface area (Å²) in [6.45, 7) is 1.83. The molecule has 1 saturated heterocycles. The quantitative estimate of drug-likeness (QED) is 0.867. The van der Waals surface area contributed by atoms with Crippen molar-refractivity contribution in [1.29, 1.82) is 0 Å². The minimum Gasteiger partial charge on any atom is -0.480 e. The fourth-order valence-corrected chi connectivity index (χ4v) is 3.83. The zero-order valence-electron chi connectivity index (χ0n) is 14.0. The van der Waals surface area contributed by atoms with E-state index in [1.54, 1.807) is 24.1 Å². The highest BCUT2D eigenvalue weighted by Gasteiger charge is 2.56. The second kappa shape index (κ2) is 6.16. The van der Waals surface area contributed by atoms with Gasteiger partial charge >= 0.3 is 5.97 Å². The fourth-order valence-electron chi connectivity index (χ4n) is 3.83. The van der Waals surface area contributed by atoms with E-state index in [1.165, 1.54) is 12.1 Å². The van der Waals surface area contributed by atoms with Crippen LogP contribution in [0.25, 0.3) is 0 Å². The number of hydrogen-bond donors (Lipinski definition) is 2. The van der Waals surface area contributed by atoms with Gasteiger partial charge in [-0.25, -0.2) is 4.39 Å². The van der Waals surface area contributed by atoms with Crippen molar-refractivity contribution in [1.82, 2.24) is 10.2 Å². The van der Waals surface area contributed by atoms with E-state index in [0.717, 1.165) is 18.4 Å². The summed E-state index contributed by atoms with van der Waals surface area (Å²) >= 11 is 0. The normalized spacial score (nSPS) is 30.3. The van der Waals surface area contributed by atoms with E-state index in [2.05, 4.69) is 5.32 Å².